The Balaban J connectivity index is 2.44. The molecule has 0 aliphatic rings. The molecule has 100 valence electrons. The van der Waals surface area contributed by atoms with Gasteiger partial charge in [-0.3, -0.25) is 0 Å². The van der Waals surface area contributed by atoms with Crippen molar-refractivity contribution in [2.75, 3.05) is 0 Å². The van der Waals surface area contributed by atoms with Crippen LogP contribution in [0.3, 0.4) is 0 Å². The first kappa shape index (κ1) is 14.5. The van der Waals surface area contributed by atoms with E-state index >= 15 is 0 Å². The monoisotopic (exact) mass is 270 g/mol. The molecule has 2 amide bonds. The second kappa shape index (κ2) is 7.00. The molecule has 3 N–H and O–H groups in total. The maximum Gasteiger partial charge on any atom is 0.326 e. The summed E-state index contributed by atoms with van der Waals surface area (Å²) in [6.07, 6.45) is 0.696. The van der Waals surface area contributed by atoms with Gasteiger partial charge in [0.15, 0.2) is 0 Å². The molecule has 0 radical (unpaired) electrons. The summed E-state index contributed by atoms with van der Waals surface area (Å²) in [4.78, 5) is 22.6. The van der Waals surface area contributed by atoms with Gasteiger partial charge in [-0.2, -0.15) is 11.3 Å². The van der Waals surface area contributed by atoms with Crippen molar-refractivity contribution in [3.05, 3.63) is 22.4 Å². The van der Waals surface area contributed by atoms with Gasteiger partial charge in [0.25, 0.3) is 0 Å². The van der Waals surface area contributed by atoms with Crippen molar-refractivity contribution in [2.45, 2.75) is 32.9 Å². The Bertz CT molecular complexity index is 392. The number of hydrogen-bond donors (Lipinski definition) is 3. The number of amides is 2. The number of nitrogens with one attached hydrogen (secondary N) is 2. The molecule has 0 aromatic carbocycles. The molecule has 18 heavy (non-hydrogen) atoms. The zero-order valence-electron chi connectivity index (χ0n) is 10.5. The highest BCUT2D eigenvalue weighted by Gasteiger charge is 2.24. The maximum atomic E-state index is 11.6. The lowest BCUT2D eigenvalue weighted by Gasteiger charge is -2.20. The summed E-state index contributed by atoms with van der Waals surface area (Å²) in [5, 5.41) is 18.0. The van der Waals surface area contributed by atoms with Crippen LogP contribution in [0, 0.1) is 5.92 Å². The van der Waals surface area contributed by atoms with Crippen LogP contribution in [0.1, 0.15) is 25.8 Å². The summed E-state index contributed by atoms with van der Waals surface area (Å²) in [5.74, 6) is -1.11. The minimum Gasteiger partial charge on any atom is -0.480 e. The van der Waals surface area contributed by atoms with Crippen LogP contribution in [0.2, 0.25) is 0 Å². The molecule has 5 nitrogen and oxygen atoms in total. The average molecular weight is 270 g/mol. The minimum atomic E-state index is -1.00. The van der Waals surface area contributed by atoms with Crippen molar-refractivity contribution >= 4 is 23.3 Å². The second-order valence-corrected chi connectivity index (χ2v) is 4.94. The Morgan fingerprint density at radius 3 is 2.72 bits per heavy atom. The number of carboxylic acids is 1. The molecule has 0 spiro atoms. The number of thiophene rings is 1. The van der Waals surface area contributed by atoms with Gasteiger partial charge in [-0.15, -0.1) is 0 Å². The van der Waals surface area contributed by atoms with Gasteiger partial charge in [0.05, 0.1) is 0 Å². The lowest BCUT2D eigenvalue weighted by atomic mass is 9.99. The number of aliphatic carboxylic acids is 1. The number of carbonyl (C=O) groups excluding carboxylic acids is 1. The van der Waals surface area contributed by atoms with Crippen LogP contribution < -0.4 is 10.6 Å². The van der Waals surface area contributed by atoms with E-state index in [9.17, 15) is 9.59 Å². The predicted octanol–water partition coefficient (Wildman–Crippen LogP) is 2.05. The number of carboxylic acid groups (broad SMARTS) is 1. The molecule has 0 fully saturated rings. The van der Waals surface area contributed by atoms with E-state index < -0.39 is 18.0 Å². The van der Waals surface area contributed by atoms with E-state index in [0.29, 0.717) is 13.0 Å². The fourth-order valence-corrected chi connectivity index (χ4v) is 2.12. The van der Waals surface area contributed by atoms with Crippen molar-refractivity contribution in [3.8, 4) is 0 Å². The summed E-state index contributed by atoms with van der Waals surface area (Å²) in [7, 11) is 0. The third-order valence-corrected chi connectivity index (χ3v) is 3.53. The van der Waals surface area contributed by atoms with Gasteiger partial charge < -0.3 is 15.7 Å². The topological polar surface area (TPSA) is 78.4 Å². The van der Waals surface area contributed by atoms with Crippen LogP contribution in [0.4, 0.5) is 4.79 Å². The average Bonchev–Trinajstić information content (AvgIpc) is 2.85. The summed E-state index contributed by atoms with van der Waals surface area (Å²) in [6, 6.07) is 0.611. The van der Waals surface area contributed by atoms with Gasteiger partial charge in [0.1, 0.15) is 6.04 Å². The van der Waals surface area contributed by atoms with Crippen molar-refractivity contribution in [3.63, 3.8) is 0 Å². The zero-order valence-corrected chi connectivity index (χ0v) is 11.3. The van der Waals surface area contributed by atoms with Gasteiger partial charge >= 0.3 is 12.0 Å². The molecule has 1 aromatic rings. The molecule has 0 aliphatic carbocycles. The molecule has 1 aromatic heterocycles. The van der Waals surface area contributed by atoms with Crippen LogP contribution in [0.15, 0.2) is 16.8 Å². The maximum absolute atomic E-state index is 11.6. The van der Waals surface area contributed by atoms with Crippen LogP contribution >= 0.6 is 11.3 Å². The van der Waals surface area contributed by atoms with E-state index in [1.807, 2.05) is 23.8 Å². The first-order chi connectivity index (χ1) is 8.54. The Hall–Kier alpha value is -1.56. The number of rotatable bonds is 6. The Morgan fingerprint density at radius 1 is 1.50 bits per heavy atom. The third kappa shape index (κ3) is 4.37. The van der Waals surface area contributed by atoms with Crippen LogP contribution in [-0.4, -0.2) is 23.1 Å². The van der Waals surface area contributed by atoms with E-state index in [4.69, 9.17) is 5.11 Å². The molecular formula is C12H18N2O3S. The van der Waals surface area contributed by atoms with Crippen LogP contribution in [-0.2, 0) is 11.3 Å². The molecule has 1 rings (SSSR count). The molecule has 1 heterocycles. The lowest BCUT2D eigenvalue weighted by molar-refractivity contribution is -0.140. The zero-order chi connectivity index (χ0) is 13.5. The van der Waals surface area contributed by atoms with Crippen molar-refractivity contribution in [2.24, 2.45) is 5.92 Å². The van der Waals surface area contributed by atoms with Crippen LogP contribution in [0.5, 0.6) is 0 Å². The summed E-state index contributed by atoms with van der Waals surface area (Å²) < 4.78 is 0. The molecular weight excluding hydrogens is 252 g/mol. The standard InChI is InChI=1S/C12H18N2O3S/c1-3-8(2)10(11(15)16)14-12(17)13-6-9-4-5-18-7-9/h4-5,7-8,10H,3,6H2,1-2H3,(H,15,16)(H2,13,14,17)/t8?,10-/m0/s1. The Morgan fingerprint density at radius 2 is 2.22 bits per heavy atom. The van der Waals surface area contributed by atoms with Gasteiger partial charge in [-0.05, 0) is 28.3 Å². The second-order valence-electron chi connectivity index (χ2n) is 4.16. The third-order valence-electron chi connectivity index (χ3n) is 2.80. The largest absolute Gasteiger partial charge is 0.480 e. The highest BCUT2D eigenvalue weighted by molar-refractivity contribution is 7.07. The lowest BCUT2D eigenvalue weighted by Crippen LogP contribution is -2.48. The van der Waals surface area contributed by atoms with Crippen molar-refractivity contribution in [1.29, 1.82) is 0 Å². The molecule has 0 saturated heterocycles. The molecule has 0 saturated carbocycles. The normalized spacial score (nSPS) is 13.7. The van der Waals surface area contributed by atoms with Gasteiger partial charge in [-0.1, -0.05) is 20.3 Å². The SMILES string of the molecule is CCC(C)[C@H](NC(=O)NCc1ccsc1)C(=O)O. The summed E-state index contributed by atoms with van der Waals surface area (Å²) >= 11 is 1.55. The smallest absolute Gasteiger partial charge is 0.326 e. The van der Waals surface area contributed by atoms with Gasteiger partial charge in [0.2, 0.25) is 0 Å². The van der Waals surface area contributed by atoms with Crippen molar-refractivity contribution < 1.29 is 14.7 Å². The van der Waals surface area contributed by atoms with Crippen LogP contribution in [0.25, 0.3) is 0 Å². The Labute approximate surface area is 110 Å². The molecule has 2 atom stereocenters. The number of carbonyl (C=O) groups is 2. The van der Waals surface area contributed by atoms with E-state index in [1.54, 1.807) is 18.3 Å². The quantitative estimate of drug-likeness (QED) is 0.740. The predicted molar refractivity (Wildman–Crippen MR) is 70.6 cm³/mol. The minimum absolute atomic E-state index is 0.102. The van der Waals surface area contributed by atoms with Gasteiger partial charge in [0, 0.05) is 6.54 Å². The molecule has 6 heteroatoms. The van der Waals surface area contributed by atoms with E-state index in [0.717, 1.165) is 5.56 Å². The van der Waals surface area contributed by atoms with E-state index in [1.165, 1.54) is 0 Å². The summed E-state index contributed by atoms with van der Waals surface area (Å²) in [5.41, 5.74) is 1.01. The number of urea groups is 1. The number of hydrogen-bond acceptors (Lipinski definition) is 3. The molecule has 1 unspecified atom stereocenters. The molecule has 0 aliphatic heterocycles. The first-order valence-corrected chi connectivity index (χ1v) is 6.77. The molecule has 0 bridgehead atoms. The first-order valence-electron chi connectivity index (χ1n) is 5.82. The van der Waals surface area contributed by atoms with E-state index in [2.05, 4.69) is 10.6 Å². The summed E-state index contributed by atoms with van der Waals surface area (Å²) in [6.45, 7) is 4.10. The highest BCUT2D eigenvalue weighted by Crippen LogP contribution is 2.08. The fourth-order valence-electron chi connectivity index (χ4n) is 1.45. The highest BCUT2D eigenvalue weighted by atomic mass is 32.1. The van der Waals surface area contributed by atoms with E-state index in [-0.39, 0.29) is 5.92 Å². The van der Waals surface area contributed by atoms with Crippen molar-refractivity contribution in [1.82, 2.24) is 10.6 Å². The Kier molecular flexibility index (Phi) is 5.64. The fraction of sp³-hybridized carbons (Fsp3) is 0.500. The van der Waals surface area contributed by atoms with Gasteiger partial charge in [-0.25, -0.2) is 9.59 Å².